The van der Waals surface area contributed by atoms with Crippen LogP contribution in [0, 0.1) is 13.8 Å². The number of carboxylic acids is 1. The minimum atomic E-state index is -2.28. The maximum atomic E-state index is 13.4. The van der Waals surface area contributed by atoms with Crippen LogP contribution >= 0.6 is 0 Å². The summed E-state index contributed by atoms with van der Waals surface area (Å²) in [7, 11) is 1.20. The summed E-state index contributed by atoms with van der Waals surface area (Å²) >= 11 is 0. The smallest absolute Gasteiger partial charge is 0.337 e. The molecule has 6 aromatic rings. The standard InChI is InChI=1S/C39H37N3O13/c1-18-12-19(2)14-22(13-18)30-28-21(10-11-41-28)16-42(30)55-35-33(46)32(45)34(38(50)54-37(49)29(40-3)36(47)48)53-39(35)52-24-8-9-25-27(15-24)51-17-26(31(25)44)20-4-6-23(43)7-5-20/h4-17,29,32-35,38-41,43,45-46,50H,1-3H3,(H,47,48). The van der Waals surface area contributed by atoms with Crippen molar-refractivity contribution in [3.05, 3.63) is 107 Å². The molecule has 16 nitrogen and oxygen atoms in total. The van der Waals surface area contributed by atoms with E-state index in [4.69, 9.17) is 23.5 Å². The lowest BCUT2D eigenvalue weighted by molar-refractivity contribution is -0.318. The highest BCUT2D eigenvalue weighted by atomic mass is 16.8. The molecule has 16 heteroatoms. The monoisotopic (exact) mass is 755 g/mol. The van der Waals surface area contributed by atoms with Crippen molar-refractivity contribution < 1.29 is 58.6 Å². The number of likely N-dealkylation sites (N-methyl/N-ethyl adjacent to an activating group) is 1. The highest BCUT2D eigenvalue weighted by Crippen LogP contribution is 2.34. The molecule has 0 bridgehead atoms. The number of hydrogen-bond donors (Lipinski definition) is 7. The summed E-state index contributed by atoms with van der Waals surface area (Å²) in [4.78, 5) is 47.1. The van der Waals surface area contributed by atoms with E-state index < -0.39 is 55.0 Å². The lowest BCUT2D eigenvalue weighted by Crippen LogP contribution is -2.65. The number of phenols is 1. The molecule has 7 atom stereocenters. The second-order valence-corrected chi connectivity index (χ2v) is 13.2. The number of carbonyl (C=O) groups is 2. The van der Waals surface area contributed by atoms with Crippen molar-refractivity contribution in [2.75, 3.05) is 7.05 Å². The van der Waals surface area contributed by atoms with Gasteiger partial charge in [-0.25, -0.2) is 9.59 Å². The van der Waals surface area contributed by atoms with Crippen LogP contribution in [0.1, 0.15) is 11.1 Å². The zero-order valence-electron chi connectivity index (χ0n) is 29.6. The average Bonchev–Trinajstić information content (AvgIpc) is 3.73. The first kappa shape index (κ1) is 37.2. The van der Waals surface area contributed by atoms with Crippen LogP contribution in [0.2, 0.25) is 0 Å². The van der Waals surface area contributed by atoms with Crippen molar-refractivity contribution >= 4 is 33.8 Å². The number of nitrogens with zero attached hydrogens (tertiary/aromatic N) is 1. The van der Waals surface area contributed by atoms with Gasteiger partial charge in [0.05, 0.1) is 22.7 Å². The van der Waals surface area contributed by atoms with Gasteiger partial charge in [0.15, 0.2) is 11.5 Å². The largest absolute Gasteiger partial charge is 0.508 e. The molecule has 1 aliphatic heterocycles. The van der Waals surface area contributed by atoms with Gasteiger partial charge in [-0.3, -0.25) is 10.1 Å². The van der Waals surface area contributed by atoms with Gasteiger partial charge >= 0.3 is 11.9 Å². The molecule has 0 radical (unpaired) electrons. The molecule has 3 aromatic heterocycles. The van der Waals surface area contributed by atoms with Gasteiger partial charge in [-0.15, -0.1) is 0 Å². The van der Waals surface area contributed by atoms with Crippen molar-refractivity contribution in [2.45, 2.75) is 56.9 Å². The Balaban J connectivity index is 1.25. The number of benzene rings is 3. The first-order valence-electron chi connectivity index (χ1n) is 17.1. The summed E-state index contributed by atoms with van der Waals surface area (Å²) in [5.41, 5.74) is 4.55. The Morgan fingerprint density at radius 3 is 2.38 bits per heavy atom. The zero-order chi connectivity index (χ0) is 39.1. The number of fused-ring (bicyclic) bond motifs is 2. The normalized spacial score (nSPS) is 20.9. The van der Waals surface area contributed by atoms with Crippen LogP contribution in [-0.2, 0) is 19.1 Å². The Kier molecular flexibility index (Phi) is 10.1. The SMILES string of the molecule is CNC(C(=O)O)C(=O)OC(O)C1OC(Oc2ccc3c(=O)c(-c4ccc(O)cc4)coc3c2)C(On2cc3cc[nH]c3c2-c2cc(C)cc(C)c2)C(O)C1O. The number of aliphatic carboxylic acids is 1. The summed E-state index contributed by atoms with van der Waals surface area (Å²) in [6.07, 6.45) is -6.44. The van der Waals surface area contributed by atoms with E-state index in [0.29, 0.717) is 16.8 Å². The number of aliphatic hydroxyl groups is 3. The van der Waals surface area contributed by atoms with Gasteiger partial charge in [-0.1, -0.05) is 29.3 Å². The number of aromatic hydroxyl groups is 1. The molecule has 7 unspecified atom stereocenters. The number of aryl methyl sites for hydroxylation is 2. The highest BCUT2D eigenvalue weighted by Gasteiger charge is 2.52. The third-order valence-electron chi connectivity index (χ3n) is 9.27. The number of hydrogen-bond acceptors (Lipinski definition) is 13. The number of H-pyrrole nitrogens is 1. The number of aromatic nitrogens is 2. The van der Waals surface area contributed by atoms with Crippen molar-refractivity contribution in [3.8, 4) is 33.9 Å². The lowest BCUT2D eigenvalue weighted by Gasteiger charge is -2.42. The molecule has 0 spiro atoms. The summed E-state index contributed by atoms with van der Waals surface area (Å²) in [6, 6.07) is 16.2. The summed E-state index contributed by atoms with van der Waals surface area (Å²) in [6.45, 7) is 3.89. The minimum absolute atomic E-state index is 0.0341. The van der Waals surface area contributed by atoms with E-state index in [9.17, 15) is 39.9 Å². The highest BCUT2D eigenvalue weighted by molar-refractivity contribution is 5.98. The molecule has 3 aromatic carbocycles. The van der Waals surface area contributed by atoms with Gasteiger partial charge in [0.2, 0.25) is 24.7 Å². The van der Waals surface area contributed by atoms with Crippen LogP contribution in [0.15, 0.2) is 94.6 Å². The Hall–Kier alpha value is -6.17. The number of nitrogens with one attached hydrogen (secondary N) is 2. The summed E-state index contributed by atoms with van der Waals surface area (Å²) < 4.78 is 24.3. The number of aromatic amines is 1. The molecule has 1 fully saturated rings. The molecular weight excluding hydrogens is 718 g/mol. The van der Waals surface area contributed by atoms with Gasteiger partial charge in [0.25, 0.3) is 0 Å². The Labute approximate surface area is 311 Å². The number of carbonyl (C=O) groups excluding carboxylic acids is 1. The molecule has 0 saturated carbocycles. The van der Waals surface area contributed by atoms with Crippen LogP contribution in [0.4, 0.5) is 0 Å². The van der Waals surface area contributed by atoms with Crippen LogP contribution in [0.5, 0.6) is 11.5 Å². The van der Waals surface area contributed by atoms with Crippen LogP contribution in [0.3, 0.4) is 0 Å². The van der Waals surface area contributed by atoms with Crippen molar-refractivity contribution in [1.82, 2.24) is 15.0 Å². The van der Waals surface area contributed by atoms with E-state index in [1.165, 1.54) is 48.4 Å². The van der Waals surface area contributed by atoms with E-state index in [1.807, 2.05) is 38.1 Å². The van der Waals surface area contributed by atoms with Gasteiger partial charge in [-0.2, -0.15) is 4.73 Å². The fourth-order valence-electron chi connectivity index (χ4n) is 6.65. The Morgan fingerprint density at radius 1 is 0.964 bits per heavy atom. The predicted octanol–water partition coefficient (Wildman–Crippen LogP) is 2.59. The van der Waals surface area contributed by atoms with Gasteiger partial charge in [-0.05, 0) is 68.9 Å². The molecule has 0 aliphatic carbocycles. The van der Waals surface area contributed by atoms with Crippen molar-refractivity contribution in [1.29, 1.82) is 0 Å². The molecule has 55 heavy (non-hydrogen) atoms. The van der Waals surface area contributed by atoms with E-state index >= 15 is 0 Å². The van der Waals surface area contributed by atoms with Crippen LogP contribution < -0.4 is 20.3 Å². The lowest BCUT2D eigenvalue weighted by atomic mass is 9.98. The van der Waals surface area contributed by atoms with Crippen LogP contribution in [-0.4, -0.2) is 97.3 Å². The summed E-state index contributed by atoms with van der Waals surface area (Å²) in [5.74, 6) is -2.89. The van der Waals surface area contributed by atoms with E-state index in [0.717, 1.165) is 22.1 Å². The van der Waals surface area contributed by atoms with Crippen LogP contribution in [0.25, 0.3) is 44.3 Å². The number of ether oxygens (including phenoxy) is 3. The predicted molar refractivity (Wildman–Crippen MR) is 195 cm³/mol. The van der Waals surface area contributed by atoms with Gasteiger partial charge in [0, 0.05) is 23.2 Å². The third kappa shape index (κ3) is 7.24. The number of esters is 1. The number of carboxylic acid groups (broad SMARTS) is 1. The number of aliphatic hydroxyl groups excluding tert-OH is 3. The average molecular weight is 756 g/mol. The first-order chi connectivity index (χ1) is 26.3. The minimum Gasteiger partial charge on any atom is -0.508 e. The van der Waals surface area contributed by atoms with E-state index in [1.54, 1.807) is 24.5 Å². The molecule has 0 amide bonds. The zero-order valence-corrected chi connectivity index (χ0v) is 29.6. The molecular formula is C39H37N3O13. The second kappa shape index (κ2) is 14.9. The quantitative estimate of drug-likeness (QED) is 0.0572. The summed E-state index contributed by atoms with van der Waals surface area (Å²) in [5, 5.41) is 56.0. The first-order valence-corrected chi connectivity index (χ1v) is 17.1. The number of rotatable bonds is 11. The fourth-order valence-corrected chi connectivity index (χ4v) is 6.65. The molecule has 1 saturated heterocycles. The maximum absolute atomic E-state index is 13.4. The van der Waals surface area contributed by atoms with Gasteiger partial charge < -0.3 is 54.0 Å². The molecule has 7 N–H and O–H groups in total. The molecule has 4 heterocycles. The second-order valence-electron chi connectivity index (χ2n) is 13.2. The van der Waals surface area contributed by atoms with Gasteiger partial charge in [0.1, 0.15) is 41.2 Å². The Morgan fingerprint density at radius 2 is 1.69 bits per heavy atom. The van der Waals surface area contributed by atoms with E-state index in [-0.39, 0.29) is 33.5 Å². The third-order valence-corrected chi connectivity index (χ3v) is 9.27. The topological polar surface area (TPSA) is 235 Å². The molecule has 7 rings (SSSR count). The maximum Gasteiger partial charge on any atom is 0.337 e. The fraction of sp³-hybridized carbons (Fsp3) is 0.256. The van der Waals surface area contributed by atoms with E-state index in [2.05, 4.69) is 10.3 Å². The molecule has 1 aliphatic rings. The van der Waals surface area contributed by atoms with Crippen molar-refractivity contribution in [2.24, 2.45) is 0 Å². The van der Waals surface area contributed by atoms with Crippen molar-refractivity contribution in [3.63, 3.8) is 0 Å². The Bertz CT molecular complexity index is 2420. The number of phenolic OH excluding ortho intramolecular Hbond substituents is 1. The molecule has 286 valence electrons.